The predicted octanol–water partition coefficient (Wildman–Crippen LogP) is 0.936. The molecule has 80 valence electrons. The molecular weight excluding hydrogens is 180 g/mol. The minimum Gasteiger partial charge on any atom is -0.480 e. The highest BCUT2D eigenvalue weighted by atomic mass is 16.4. The molecule has 0 aliphatic carbocycles. The number of carboxylic acids is 1. The maximum absolute atomic E-state index is 11.0. The summed E-state index contributed by atoms with van der Waals surface area (Å²) in [6.07, 6.45) is 5.55. The average Bonchev–Trinajstić information content (AvgIpc) is 2.67. The number of aliphatic carboxylic acids is 1. The number of hydrazine groups is 1. The van der Waals surface area contributed by atoms with Crippen LogP contribution in [0.25, 0.3) is 0 Å². The maximum atomic E-state index is 11.0. The lowest BCUT2D eigenvalue weighted by Gasteiger charge is -2.37. The zero-order valence-electron chi connectivity index (χ0n) is 8.48. The van der Waals surface area contributed by atoms with Crippen molar-refractivity contribution < 1.29 is 9.90 Å². The van der Waals surface area contributed by atoms with Crippen LogP contribution in [-0.4, -0.2) is 46.8 Å². The van der Waals surface area contributed by atoms with E-state index in [0.29, 0.717) is 0 Å². The third kappa shape index (κ3) is 1.91. The third-order valence-electron chi connectivity index (χ3n) is 3.21. The van der Waals surface area contributed by atoms with Crippen LogP contribution in [0.2, 0.25) is 0 Å². The Morgan fingerprint density at radius 3 is 2.43 bits per heavy atom. The Hall–Kier alpha value is -0.610. The Balaban J connectivity index is 1.97. The van der Waals surface area contributed by atoms with E-state index in [0.717, 1.165) is 32.5 Å². The Kier molecular flexibility index (Phi) is 3.03. The molecule has 0 radical (unpaired) electrons. The number of hydrogen-bond donors (Lipinski definition) is 1. The molecule has 1 atom stereocenters. The van der Waals surface area contributed by atoms with E-state index in [1.54, 1.807) is 0 Å². The van der Waals surface area contributed by atoms with Crippen molar-refractivity contribution in [2.45, 2.75) is 38.1 Å². The monoisotopic (exact) mass is 198 g/mol. The van der Waals surface area contributed by atoms with Gasteiger partial charge >= 0.3 is 5.97 Å². The van der Waals surface area contributed by atoms with Crippen molar-refractivity contribution in [2.24, 2.45) is 0 Å². The highest BCUT2D eigenvalue weighted by molar-refractivity contribution is 5.73. The van der Waals surface area contributed by atoms with E-state index in [-0.39, 0.29) is 6.04 Å². The van der Waals surface area contributed by atoms with Gasteiger partial charge in [-0.05, 0) is 25.7 Å². The molecule has 0 saturated carbocycles. The van der Waals surface area contributed by atoms with Gasteiger partial charge in [-0.3, -0.25) is 4.79 Å². The van der Waals surface area contributed by atoms with Gasteiger partial charge in [-0.2, -0.15) is 0 Å². The fourth-order valence-electron chi connectivity index (χ4n) is 2.48. The van der Waals surface area contributed by atoms with Gasteiger partial charge in [0.15, 0.2) is 0 Å². The van der Waals surface area contributed by atoms with Crippen LogP contribution in [-0.2, 0) is 4.79 Å². The molecule has 14 heavy (non-hydrogen) atoms. The highest BCUT2D eigenvalue weighted by Gasteiger charge is 2.34. The largest absolute Gasteiger partial charge is 0.480 e. The summed E-state index contributed by atoms with van der Waals surface area (Å²) in [4.78, 5) is 11.0. The van der Waals surface area contributed by atoms with Gasteiger partial charge in [0.25, 0.3) is 0 Å². The third-order valence-corrected chi connectivity index (χ3v) is 3.21. The lowest BCUT2D eigenvalue weighted by Crippen LogP contribution is -2.50. The summed E-state index contributed by atoms with van der Waals surface area (Å²) < 4.78 is 0. The Bertz CT molecular complexity index is 214. The molecule has 0 unspecified atom stereocenters. The molecule has 0 bridgehead atoms. The smallest absolute Gasteiger partial charge is 0.322 e. The van der Waals surface area contributed by atoms with E-state index in [4.69, 9.17) is 5.11 Å². The van der Waals surface area contributed by atoms with Crippen LogP contribution in [0.4, 0.5) is 0 Å². The molecule has 0 aromatic carbocycles. The second-order valence-electron chi connectivity index (χ2n) is 4.17. The molecule has 0 spiro atoms. The maximum Gasteiger partial charge on any atom is 0.322 e. The molecule has 0 aromatic heterocycles. The number of hydrogen-bond acceptors (Lipinski definition) is 3. The van der Waals surface area contributed by atoms with Crippen LogP contribution in [0.3, 0.4) is 0 Å². The molecule has 2 aliphatic heterocycles. The molecule has 4 heteroatoms. The predicted molar refractivity (Wildman–Crippen MR) is 52.8 cm³/mol. The Morgan fingerprint density at radius 2 is 1.79 bits per heavy atom. The molecule has 0 amide bonds. The van der Waals surface area contributed by atoms with Crippen molar-refractivity contribution in [3.05, 3.63) is 0 Å². The van der Waals surface area contributed by atoms with Gasteiger partial charge in [0.1, 0.15) is 6.04 Å². The van der Waals surface area contributed by atoms with Gasteiger partial charge in [-0.1, -0.05) is 6.42 Å². The number of nitrogens with zero attached hydrogens (tertiary/aromatic N) is 2. The Labute approximate surface area is 84.5 Å². The standard InChI is InChI=1S/C10H18N2O2/c13-10(14)9-5-4-8-12(9)11-6-2-1-3-7-11/h9H,1-8H2,(H,13,14)/t9-/m1/s1. The van der Waals surface area contributed by atoms with Crippen LogP contribution in [0.15, 0.2) is 0 Å². The summed E-state index contributed by atoms with van der Waals surface area (Å²) in [6.45, 7) is 3.02. The lowest BCUT2D eigenvalue weighted by atomic mass is 10.1. The number of carboxylic acid groups (broad SMARTS) is 1. The Morgan fingerprint density at radius 1 is 1.07 bits per heavy atom. The summed E-state index contributed by atoms with van der Waals surface area (Å²) in [7, 11) is 0. The zero-order chi connectivity index (χ0) is 9.97. The van der Waals surface area contributed by atoms with Crippen molar-refractivity contribution in [1.29, 1.82) is 0 Å². The van der Waals surface area contributed by atoms with Crippen molar-refractivity contribution in [3.8, 4) is 0 Å². The second kappa shape index (κ2) is 4.28. The highest BCUT2D eigenvalue weighted by Crippen LogP contribution is 2.22. The van der Waals surface area contributed by atoms with Gasteiger partial charge in [-0.15, -0.1) is 0 Å². The zero-order valence-corrected chi connectivity index (χ0v) is 8.48. The summed E-state index contributed by atoms with van der Waals surface area (Å²) in [5.74, 6) is -0.659. The first-order valence-electron chi connectivity index (χ1n) is 5.53. The molecule has 4 nitrogen and oxygen atoms in total. The van der Waals surface area contributed by atoms with E-state index in [1.807, 2.05) is 0 Å². The molecule has 2 saturated heterocycles. The molecule has 2 rings (SSSR count). The topological polar surface area (TPSA) is 43.8 Å². The van der Waals surface area contributed by atoms with Gasteiger partial charge in [0.05, 0.1) is 0 Å². The summed E-state index contributed by atoms with van der Waals surface area (Å²) in [6, 6.07) is -0.256. The molecule has 0 aromatic rings. The van der Waals surface area contributed by atoms with Crippen LogP contribution in [0.5, 0.6) is 0 Å². The van der Waals surface area contributed by atoms with E-state index in [9.17, 15) is 4.79 Å². The minimum absolute atomic E-state index is 0.256. The molecular formula is C10H18N2O2. The van der Waals surface area contributed by atoms with Crippen LogP contribution >= 0.6 is 0 Å². The van der Waals surface area contributed by atoms with Crippen LogP contribution in [0, 0.1) is 0 Å². The molecule has 2 aliphatic rings. The van der Waals surface area contributed by atoms with E-state index >= 15 is 0 Å². The SMILES string of the molecule is O=C(O)[C@H]1CCCN1N1CCCCC1. The van der Waals surface area contributed by atoms with Gasteiger partial charge < -0.3 is 5.11 Å². The number of rotatable bonds is 2. The van der Waals surface area contributed by atoms with Crippen molar-refractivity contribution in [3.63, 3.8) is 0 Å². The number of piperidine rings is 1. The van der Waals surface area contributed by atoms with E-state index in [2.05, 4.69) is 10.0 Å². The molecule has 2 heterocycles. The normalized spacial score (nSPS) is 30.7. The first kappa shape index (κ1) is 9.93. The fraction of sp³-hybridized carbons (Fsp3) is 0.900. The van der Waals surface area contributed by atoms with Gasteiger partial charge in [-0.25, -0.2) is 10.0 Å². The molecule has 1 N–H and O–H groups in total. The van der Waals surface area contributed by atoms with Crippen molar-refractivity contribution >= 4 is 5.97 Å². The quantitative estimate of drug-likeness (QED) is 0.717. The van der Waals surface area contributed by atoms with Gasteiger partial charge in [0, 0.05) is 19.6 Å². The second-order valence-corrected chi connectivity index (χ2v) is 4.17. The van der Waals surface area contributed by atoms with E-state index < -0.39 is 5.97 Å². The lowest BCUT2D eigenvalue weighted by molar-refractivity contribution is -0.151. The van der Waals surface area contributed by atoms with Crippen LogP contribution < -0.4 is 0 Å². The minimum atomic E-state index is -0.659. The first-order chi connectivity index (χ1) is 6.79. The summed E-state index contributed by atoms with van der Waals surface area (Å²) in [5.41, 5.74) is 0. The molecule has 2 fully saturated rings. The number of carbonyl (C=O) groups is 1. The van der Waals surface area contributed by atoms with Crippen molar-refractivity contribution in [1.82, 2.24) is 10.0 Å². The summed E-state index contributed by atoms with van der Waals surface area (Å²) in [5, 5.41) is 13.4. The fourth-order valence-corrected chi connectivity index (χ4v) is 2.48. The average molecular weight is 198 g/mol. The van der Waals surface area contributed by atoms with Crippen LogP contribution in [0.1, 0.15) is 32.1 Å². The van der Waals surface area contributed by atoms with Gasteiger partial charge in [0.2, 0.25) is 0 Å². The van der Waals surface area contributed by atoms with E-state index in [1.165, 1.54) is 19.3 Å². The summed E-state index contributed by atoms with van der Waals surface area (Å²) >= 11 is 0. The van der Waals surface area contributed by atoms with Crippen molar-refractivity contribution in [2.75, 3.05) is 19.6 Å². The first-order valence-corrected chi connectivity index (χ1v) is 5.53.